The minimum absolute atomic E-state index is 0.257. The minimum Gasteiger partial charge on any atom is -0.480 e. The van der Waals surface area contributed by atoms with E-state index in [0.29, 0.717) is 12.8 Å². The molecule has 0 aromatic rings. The van der Waals surface area contributed by atoms with Gasteiger partial charge in [0.05, 0.1) is 0 Å². The highest BCUT2D eigenvalue weighted by atomic mass is 16.4. The van der Waals surface area contributed by atoms with Crippen molar-refractivity contribution in [3.05, 3.63) is 0 Å². The van der Waals surface area contributed by atoms with Gasteiger partial charge >= 0.3 is 11.9 Å². The summed E-state index contributed by atoms with van der Waals surface area (Å²) in [4.78, 5) is 23.0. The van der Waals surface area contributed by atoms with E-state index in [1.54, 1.807) is 0 Å². The van der Waals surface area contributed by atoms with Crippen molar-refractivity contribution in [2.45, 2.75) is 90.9 Å². The molecule has 0 aliphatic rings. The average Bonchev–Trinajstić information content (AvgIpc) is 2.44. The summed E-state index contributed by atoms with van der Waals surface area (Å²) in [5.74, 6) is -2.33. The van der Waals surface area contributed by atoms with E-state index in [4.69, 9.17) is 0 Å². The lowest BCUT2D eigenvalue weighted by molar-refractivity contribution is -0.166. The Bertz CT molecular complexity index is 285. The lowest BCUT2D eigenvalue weighted by Crippen LogP contribution is -2.39. The molecule has 0 aliphatic carbocycles. The van der Waals surface area contributed by atoms with Crippen LogP contribution in [0.4, 0.5) is 0 Å². The molecule has 0 saturated carbocycles. The van der Waals surface area contributed by atoms with Crippen molar-refractivity contribution >= 4 is 11.9 Å². The second kappa shape index (κ2) is 11.6. The van der Waals surface area contributed by atoms with Crippen LogP contribution in [-0.2, 0) is 9.59 Å². The second-order valence-electron chi connectivity index (χ2n) is 6.02. The van der Waals surface area contributed by atoms with Crippen molar-refractivity contribution in [1.82, 2.24) is 0 Å². The van der Waals surface area contributed by atoms with E-state index >= 15 is 0 Å². The summed E-state index contributed by atoms with van der Waals surface area (Å²) >= 11 is 0. The molecule has 0 radical (unpaired) electrons. The monoisotopic (exact) mass is 300 g/mol. The molecular formula is C17H32O4. The van der Waals surface area contributed by atoms with Gasteiger partial charge in [0.1, 0.15) is 0 Å². The number of aliphatic carboxylic acids is 2. The summed E-state index contributed by atoms with van der Waals surface area (Å²) in [6, 6.07) is 0. The van der Waals surface area contributed by atoms with E-state index in [0.717, 1.165) is 38.5 Å². The zero-order valence-corrected chi connectivity index (χ0v) is 13.7. The zero-order chi connectivity index (χ0) is 16.1. The molecule has 2 N–H and O–H groups in total. The predicted molar refractivity (Wildman–Crippen MR) is 84.5 cm³/mol. The maximum atomic E-state index is 11.5. The van der Waals surface area contributed by atoms with E-state index in [2.05, 4.69) is 13.8 Å². The molecule has 0 aromatic heterocycles. The fourth-order valence-corrected chi connectivity index (χ4v) is 2.70. The first kappa shape index (κ1) is 19.9. The number of unbranched alkanes of at least 4 members (excludes halogenated alkanes) is 8. The molecule has 4 heteroatoms. The number of carboxylic acids is 2. The van der Waals surface area contributed by atoms with E-state index in [1.807, 2.05) is 0 Å². The van der Waals surface area contributed by atoms with Crippen molar-refractivity contribution in [2.75, 3.05) is 0 Å². The normalized spacial score (nSPS) is 11.5. The standard InChI is InChI=1S/C17H32O4/c1-3-5-7-9-10-12-14-17(15(18)19,16(20)21)13-11-8-6-4-2/h3-14H2,1-2H3,(H,18,19)(H,20,21). The maximum Gasteiger partial charge on any atom is 0.321 e. The van der Waals surface area contributed by atoms with Crippen LogP contribution in [0.25, 0.3) is 0 Å². The second-order valence-corrected chi connectivity index (χ2v) is 6.02. The Morgan fingerprint density at radius 1 is 0.667 bits per heavy atom. The molecule has 4 nitrogen and oxygen atoms in total. The Morgan fingerprint density at radius 2 is 1.00 bits per heavy atom. The first-order chi connectivity index (χ1) is 10.0. The van der Waals surface area contributed by atoms with Gasteiger partial charge in [0.2, 0.25) is 0 Å². The van der Waals surface area contributed by atoms with Gasteiger partial charge in [-0.1, -0.05) is 78.1 Å². The van der Waals surface area contributed by atoms with E-state index in [1.165, 1.54) is 12.8 Å². The Kier molecular flexibility index (Phi) is 11.0. The van der Waals surface area contributed by atoms with Crippen LogP contribution in [0.2, 0.25) is 0 Å². The van der Waals surface area contributed by atoms with Crippen LogP contribution < -0.4 is 0 Å². The maximum absolute atomic E-state index is 11.5. The SMILES string of the molecule is CCCCCCCCC(CCCCCC)(C(=O)O)C(=O)O. The molecule has 21 heavy (non-hydrogen) atoms. The van der Waals surface area contributed by atoms with Gasteiger partial charge in [0.15, 0.2) is 5.41 Å². The smallest absolute Gasteiger partial charge is 0.321 e. The van der Waals surface area contributed by atoms with Crippen molar-refractivity contribution in [1.29, 1.82) is 0 Å². The van der Waals surface area contributed by atoms with Gasteiger partial charge in [-0.2, -0.15) is 0 Å². The predicted octanol–water partition coefficient (Wildman–Crippen LogP) is 4.86. The molecule has 0 heterocycles. The van der Waals surface area contributed by atoms with E-state index < -0.39 is 17.4 Å². The van der Waals surface area contributed by atoms with Crippen molar-refractivity contribution in [3.63, 3.8) is 0 Å². The van der Waals surface area contributed by atoms with Gasteiger partial charge in [-0.3, -0.25) is 9.59 Å². The summed E-state index contributed by atoms with van der Waals surface area (Å²) in [5.41, 5.74) is -1.57. The van der Waals surface area contributed by atoms with Gasteiger partial charge in [0.25, 0.3) is 0 Å². The Hall–Kier alpha value is -1.06. The summed E-state index contributed by atoms with van der Waals surface area (Å²) in [7, 11) is 0. The molecule has 124 valence electrons. The third-order valence-corrected chi connectivity index (χ3v) is 4.23. The molecule has 0 aromatic carbocycles. The number of hydrogen-bond acceptors (Lipinski definition) is 2. The Labute approximate surface area is 128 Å². The van der Waals surface area contributed by atoms with Gasteiger partial charge in [-0.05, 0) is 12.8 Å². The van der Waals surface area contributed by atoms with Crippen molar-refractivity contribution < 1.29 is 19.8 Å². The van der Waals surface area contributed by atoms with Crippen molar-refractivity contribution in [3.8, 4) is 0 Å². The van der Waals surface area contributed by atoms with Crippen LogP contribution in [0.1, 0.15) is 90.9 Å². The summed E-state index contributed by atoms with van der Waals surface area (Å²) in [5, 5.41) is 18.8. The largest absolute Gasteiger partial charge is 0.480 e. The summed E-state index contributed by atoms with van der Waals surface area (Å²) in [6.45, 7) is 4.23. The fraction of sp³-hybridized carbons (Fsp3) is 0.882. The topological polar surface area (TPSA) is 74.6 Å². The molecular weight excluding hydrogens is 268 g/mol. The lowest BCUT2D eigenvalue weighted by Gasteiger charge is -2.25. The average molecular weight is 300 g/mol. The van der Waals surface area contributed by atoms with Crippen LogP contribution in [0.15, 0.2) is 0 Å². The van der Waals surface area contributed by atoms with Crippen LogP contribution in [0, 0.1) is 5.41 Å². The van der Waals surface area contributed by atoms with Crippen LogP contribution in [-0.4, -0.2) is 22.2 Å². The third-order valence-electron chi connectivity index (χ3n) is 4.23. The fourth-order valence-electron chi connectivity index (χ4n) is 2.70. The molecule has 0 amide bonds. The van der Waals surface area contributed by atoms with Crippen LogP contribution in [0.5, 0.6) is 0 Å². The number of rotatable bonds is 14. The number of hydrogen-bond donors (Lipinski definition) is 2. The summed E-state index contributed by atoms with van der Waals surface area (Å²) < 4.78 is 0. The highest BCUT2D eigenvalue weighted by Gasteiger charge is 2.45. The van der Waals surface area contributed by atoms with Gasteiger partial charge in [0, 0.05) is 0 Å². The first-order valence-electron chi connectivity index (χ1n) is 8.48. The molecule has 0 fully saturated rings. The highest BCUT2D eigenvalue weighted by molar-refractivity contribution is 5.98. The quantitative estimate of drug-likeness (QED) is 0.355. The third kappa shape index (κ3) is 7.49. The van der Waals surface area contributed by atoms with Crippen LogP contribution >= 0.6 is 0 Å². The first-order valence-corrected chi connectivity index (χ1v) is 8.48. The van der Waals surface area contributed by atoms with Gasteiger partial charge < -0.3 is 10.2 Å². The zero-order valence-electron chi connectivity index (χ0n) is 13.7. The molecule has 0 bridgehead atoms. The van der Waals surface area contributed by atoms with Crippen LogP contribution in [0.3, 0.4) is 0 Å². The lowest BCUT2D eigenvalue weighted by atomic mass is 9.78. The molecule has 0 saturated heterocycles. The molecule has 0 unspecified atom stereocenters. The Morgan fingerprint density at radius 3 is 1.38 bits per heavy atom. The Balaban J connectivity index is 4.36. The summed E-state index contributed by atoms with van der Waals surface area (Å²) in [6.07, 6.45) is 10.4. The van der Waals surface area contributed by atoms with Crippen molar-refractivity contribution in [2.24, 2.45) is 5.41 Å². The molecule has 0 rings (SSSR count). The molecule has 0 spiro atoms. The van der Waals surface area contributed by atoms with E-state index in [-0.39, 0.29) is 12.8 Å². The van der Waals surface area contributed by atoms with E-state index in [9.17, 15) is 19.8 Å². The number of carbonyl (C=O) groups is 2. The molecule has 0 atom stereocenters. The minimum atomic E-state index is -1.57. The molecule has 0 aliphatic heterocycles. The van der Waals surface area contributed by atoms with Gasteiger partial charge in [-0.25, -0.2) is 0 Å². The highest BCUT2D eigenvalue weighted by Crippen LogP contribution is 2.33. The number of carboxylic acid groups (broad SMARTS) is 2. The van der Waals surface area contributed by atoms with Gasteiger partial charge in [-0.15, -0.1) is 0 Å².